The van der Waals surface area contributed by atoms with E-state index in [0.717, 1.165) is 18.9 Å². The highest BCUT2D eigenvalue weighted by Gasteiger charge is 2.18. The van der Waals surface area contributed by atoms with Crippen molar-refractivity contribution in [1.82, 2.24) is 0 Å². The van der Waals surface area contributed by atoms with Gasteiger partial charge in [-0.15, -0.1) is 0 Å². The molecular formula is C12H15F2NO2. The van der Waals surface area contributed by atoms with Gasteiger partial charge in [-0.1, -0.05) is 13.3 Å². The molecule has 0 saturated carbocycles. The highest BCUT2D eigenvalue weighted by Crippen LogP contribution is 2.22. The fourth-order valence-electron chi connectivity index (χ4n) is 1.60. The van der Waals surface area contributed by atoms with Crippen molar-refractivity contribution in [1.29, 1.82) is 0 Å². The summed E-state index contributed by atoms with van der Waals surface area (Å²) in [5.41, 5.74) is -0.662. The summed E-state index contributed by atoms with van der Waals surface area (Å²) in [6.07, 6.45) is 1.74. The van der Waals surface area contributed by atoms with Crippen LogP contribution in [0.1, 0.15) is 37.0 Å². The molecule has 0 fully saturated rings. The molecule has 0 aliphatic heterocycles. The molecule has 0 amide bonds. The molecule has 0 heterocycles. The summed E-state index contributed by atoms with van der Waals surface area (Å²) < 4.78 is 26.9. The van der Waals surface area contributed by atoms with Gasteiger partial charge in [0.1, 0.15) is 0 Å². The second-order valence-electron chi connectivity index (χ2n) is 3.93. The molecule has 0 aromatic heterocycles. The minimum Gasteiger partial charge on any atom is -0.478 e. The second-order valence-corrected chi connectivity index (χ2v) is 3.93. The second kappa shape index (κ2) is 5.61. The van der Waals surface area contributed by atoms with Crippen molar-refractivity contribution in [3.8, 4) is 0 Å². The van der Waals surface area contributed by atoms with Crippen LogP contribution >= 0.6 is 0 Å². The Morgan fingerprint density at radius 2 is 2.06 bits per heavy atom. The number of rotatable bonds is 5. The SMILES string of the molecule is CCCC(C)Nc1ccc(C(=O)O)c(F)c1F. The Bertz CT molecular complexity index is 421. The Hall–Kier alpha value is -1.65. The van der Waals surface area contributed by atoms with E-state index in [1.54, 1.807) is 0 Å². The Morgan fingerprint density at radius 1 is 1.41 bits per heavy atom. The summed E-state index contributed by atoms with van der Waals surface area (Å²) in [4.78, 5) is 10.6. The van der Waals surface area contributed by atoms with Crippen molar-refractivity contribution in [2.45, 2.75) is 32.7 Å². The van der Waals surface area contributed by atoms with Crippen LogP contribution in [0.2, 0.25) is 0 Å². The zero-order valence-electron chi connectivity index (χ0n) is 9.76. The van der Waals surface area contributed by atoms with E-state index in [2.05, 4.69) is 5.32 Å². The van der Waals surface area contributed by atoms with Gasteiger partial charge in [-0.3, -0.25) is 0 Å². The average molecular weight is 243 g/mol. The van der Waals surface area contributed by atoms with Gasteiger partial charge in [-0.05, 0) is 25.5 Å². The van der Waals surface area contributed by atoms with Crippen LogP contribution in [0.3, 0.4) is 0 Å². The maximum Gasteiger partial charge on any atom is 0.338 e. The summed E-state index contributed by atoms with van der Waals surface area (Å²) in [5, 5.41) is 11.4. The number of carboxylic acid groups (broad SMARTS) is 1. The molecule has 5 heteroatoms. The fourth-order valence-corrected chi connectivity index (χ4v) is 1.60. The van der Waals surface area contributed by atoms with Gasteiger partial charge in [-0.25, -0.2) is 13.6 Å². The lowest BCUT2D eigenvalue weighted by molar-refractivity contribution is 0.0690. The number of nitrogens with one attached hydrogen (secondary N) is 1. The van der Waals surface area contributed by atoms with Crippen molar-refractivity contribution in [3.63, 3.8) is 0 Å². The van der Waals surface area contributed by atoms with E-state index in [9.17, 15) is 13.6 Å². The summed E-state index contributed by atoms with van der Waals surface area (Å²) in [7, 11) is 0. The van der Waals surface area contributed by atoms with E-state index in [1.165, 1.54) is 6.07 Å². The number of aromatic carboxylic acids is 1. The molecule has 1 aromatic carbocycles. The minimum absolute atomic E-state index is 0.00424. The predicted molar refractivity (Wildman–Crippen MR) is 61.3 cm³/mol. The first-order valence-electron chi connectivity index (χ1n) is 5.45. The Labute approximate surface area is 98.5 Å². The quantitative estimate of drug-likeness (QED) is 0.834. The molecule has 17 heavy (non-hydrogen) atoms. The van der Waals surface area contributed by atoms with Crippen molar-refractivity contribution in [2.75, 3.05) is 5.32 Å². The van der Waals surface area contributed by atoms with Gasteiger partial charge in [0.2, 0.25) is 0 Å². The third kappa shape index (κ3) is 3.15. The third-order valence-electron chi connectivity index (χ3n) is 2.44. The maximum atomic E-state index is 13.5. The monoisotopic (exact) mass is 243 g/mol. The van der Waals surface area contributed by atoms with Crippen molar-refractivity contribution in [3.05, 3.63) is 29.3 Å². The Balaban J connectivity index is 2.96. The van der Waals surface area contributed by atoms with Crippen LogP contribution in [0.5, 0.6) is 0 Å². The number of benzene rings is 1. The van der Waals surface area contributed by atoms with E-state index >= 15 is 0 Å². The zero-order valence-corrected chi connectivity index (χ0v) is 9.76. The van der Waals surface area contributed by atoms with E-state index in [1.807, 2.05) is 13.8 Å². The lowest BCUT2D eigenvalue weighted by Gasteiger charge is -2.15. The van der Waals surface area contributed by atoms with Gasteiger partial charge >= 0.3 is 5.97 Å². The van der Waals surface area contributed by atoms with Crippen LogP contribution in [0.25, 0.3) is 0 Å². The lowest BCUT2D eigenvalue weighted by Crippen LogP contribution is -2.16. The zero-order chi connectivity index (χ0) is 13.0. The lowest BCUT2D eigenvalue weighted by atomic mass is 10.1. The number of anilines is 1. The van der Waals surface area contributed by atoms with Gasteiger partial charge in [-0.2, -0.15) is 0 Å². The summed E-state index contributed by atoms with van der Waals surface area (Å²) in [6.45, 7) is 3.84. The number of hydrogen-bond acceptors (Lipinski definition) is 2. The third-order valence-corrected chi connectivity index (χ3v) is 2.44. The summed E-state index contributed by atoms with van der Waals surface area (Å²) in [6, 6.07) is 2.31. The topological polar surface area (TPSA) is 49.3 Å². The van der Waals surface area contributed by atoms with Gasteiger partial charge in [0, 0.05) is 6.04 Å². The molecule has 0 saturated heterocycles. The molecule has 1 aromatic rings. The molecule has 0 spiro atoms. The van der Waals surface area contributed by atoms with Gasteiger partial charge in [0.15, 0.2) is 11.6 Å². The molecule has 3 nitrogen and oxygen atoms in total. The van der Waals surface area contributed by atoms with E-state index < -0.39 is 23.2 Å². The molecule has 1 unspecified atom stereocenters. The van der Waals surface area contributed by atoms with E-state index in [4.69, 9.17) is 5.11 Å². The van der Waals surface area contributed by atoms with E-state index in [0.29, 0.717) is 0 Å². The van der Waals surface area contributed by atoms with Gasteiger partial charge in [0.05, 0.1) is 11.3 Å². The average Bonchev–Trinajstić information content (AvgIpc) is 2.25. The highest BCUT2D eigenvalue weighted by atomic mass is 19.2. The van der Waals surface area contributed by atoms with Crippen molar-refractivity contribution in [2.24, 2.45) is 0 Å². The number of halogens is 2. The van der Waals surface area contributed by atoms with Crippen LogP contribution in [0.15, 0.2) is 12.1 Å². The smallest absolute Gasteiger partial charge is 0.338 e. The summed E-state index contributed by atoms with van der Waals surface area (Å²) in [5.74, 6) is -3.95. The molecule has 94 valence electrons. The van der Waals surface area contributed by atoms with Gasteiger partial charge < -0.3 is 10.4 Å². The molecule has 2 N–H and O–H groups in total. The number of hydrogen-bond donors (Lipinski definition) is 2. The Morgan fingerprint density at radius 3 is 2.59 bits per heavy atom. The Kier molecular flexibility index (Phi) is 4.43. The largest absolute Gasteiger partial charge is 0.478 e. The first-order chi connectivity index (χ1) is 7.97. The highest BCUT2D eigenvalue weighted by molar-refractivity contribution is 5.88. The number of carboxylic acids is 1. The first-order valence-corrected chi connectivity index (χ1v) is 5.45. The van der Waals surface area contributed by atoms with Crippen LogP contribution in [0.4, 0.5) is 14.5 Å². The van der Waals surface area contributed by atoms with Crippen molar-refractivity contribution >= 4 is 11.7 Å². The van der Waals surface area contributed by atoms with Crippen LogP contribution < -0.4 is 5.32 Å². The van der Waals surface area contributed by atoms with E-state index in [-0.39, 0.29) is 11.7 Å². The molecule has 0 radical (unpaired) electrons. The maximum absolute atomic E-state index is 13.5. The standard InChI is InChI=1S/C12H15F2NO2/c1-3-4-7(2)15-9-6-5-8(12(16)17)10(13)11(9)14/h5-7,15H,3-4H2,1-2H3,(H,16,17). The minimum atomic E-state index is -1.48. The summed E-state index contributed by atoms with van der Waals surface area (Å²) >= 11 is 0. The predicted octanol–water partition coefficient (Wildman–Crippen LogP) is 3.26. The molecule has 0 bridgehead atoms. The van der Waals surface area contributed by atoms with Crippen molar-refractivity contribution < 1.29 is 18.7 Å². The number of carbonyl (C=O) groups is 1. The van der Waals surface area contributed by atoms with Gasteiger partial charge in [0.25, 0.3) is 0 Å². The molecule has 0 aliphatic carbocycles. The van der Waals surface area contributed by atoms with Crippen LogP contribution in [0, 0.1) is 11.6 Å². The molecule has 0 aliphatic rings. The van der Waals surface area contributed by atoms with Crippen LogP contribution in [-0.4, -0.2) is 17.1 Å². The van der Waals surface area contributed by atoms with Crippen LogP contribution in [-0.2, 0) is 0 Å². The molecule has 1 rings (SSSR count). The normalized spacial score (nSPS) is 12.2. The molecule has 1 atom stereocenters. The molecular weight excluding hydrogens is 228 g/mol. The first kappa shape index (κ1) is 13.4. The fraction of sp³-hybridized carbons (Fsp3) is 0.417.